The predicted molar refractivity (Wildman–Crippen MR) is 115 cm³/mol. The van der Waals surface area contributed by atoms with E-state index in [-0.39, 0.29) is 39.0 Å². The zero-order valence-electron chi connectivity index (χ0n) is 19.1. The minimum Gasteiger partial charge on any atom is -0.370 e. The lowest BCUT2D eigenvalue weighted by atomic mass is 10.1. The SMILES string of the molecule is CN1CCCN(C)c2c(F)c(F)c(c(F)c2F)N(C)CCCN(C)c2c(F)c(F)c1c(F)c2F. The van der Waals surface area contributed by atoms with E-state index in [2.05, 4.69) is 0 Å². The summed E-state index contributed by atoms with van der Waals surface area (Å²) in [5, 5.41) is 0. The van der Waals surface area contributed by atoms with Crippen LogP contribution in [-0.2, 0) is 0 Å². The molecule has 0 atom stereocenters. The molecule has 0 unspecified atom stereocenters. The lowest BCUT2D eigenvalue weighted by Gasteiger charge is -2.29. The lowest BCUT2D eigenvalue weighted by molar-refractivity contribution is 0.448. The van der Waals surface area contributed by atoms with Gasteiger partial charge in [0.25, 0.3) is 0 Å². The normalized spacial score (nSPS) is 15.9. The minimum atomic E-state index is -1.58. The first-order chi connectivity index (χ1) is 15.9. The fourth-order valence-electron chi connectivity index (χ4n) is 4.09. The maximum Gasteiger partial charge on any atom is 0.187 e. The van der Waals surface area contributed by atoms with E-state index in [0.29, 0.717) is 0 Å². The molecule has 188 valence electrons. The monoisotopic (exact) mass is 496 g/mol. The third-order valence-corrected chi connectivity index (χ3v) is 5.94. The Morgan fingerprint density at radius 2 is 0.500 bits per heavy atom. The second-order valence-corrected chi connectivity index (χ2v) is 8.30. The summed E-state index contributed by atoms with van der Waals surface area (Å²) in [6.07, 6.45) is -0.0545. The average molecular weight is 496 g/mol. The van der Waals surface area contributed by atoms with E-state index in [1.807, 2.05) is 0 Å². The summed E-state index contributed by atoms with van der Waals surface area (Å²) in [5.74, 6) is -12.6. The van der Waals surface area contributed by atoms with Gasteiger partial charge >= 0.3 is 0 Å². The van der Waals surface area contributed by atoms with Gasteiger partial charge in [-0.15, -0.1) is 0 Å². The molecule has 0 aromatic heterocycles. The topological polar surface area (TPSA) is 13.0 Å². The minimum absolute atomic E-state index is 0.0272. The highest BCUT2D eigenvalue weighted by Crippen LogP contribution is 2.37. The maximum absolute atomic E-state index is 14.7. The van der Waals surface area contributed by atoms with E-state index in [0.717, 1.165) is 19.6 Å². The van der Waals surface area contributed by atoms with Gasteiger partial charge in [-0.25, -0.2) is 35.1 Å². The van der Waals surface area contributed by atoms with Crippen LogP contribution in [-0.4, -0.2) is 54.4 Å². The molecule has 4 nitrogen and oxygen atoms in total. The molecule has 0 spiro atoms. The van der Waals surface area contributed by atoms with Gasteiger partial charge < -0.3 is 19.6 Å². The largest absolute Gasteiger partial charge is 0.370 e. The fraction of sp³-hybridized carbons (Fsp3) is 0.455. The highest BCUT2D eigenvalue weighted by molar-refractivity contribution is 5.62. The summed E-state index contributed by atoms with van der Waals surface area (Å²) >= 11 is 0. The zero-order valence-corrected chi connectivity index (χ0v) is 19.1. The van der Waals surface area contributed by atoms with Crippen molar-refractivity contribution in [2.45, 2.75) is 12.8 Å². The van der Waals surface area contributed by atoms with Crippen LogP contribution in [0.15, 0.2) is 0 Å². The number of benzene rings is 2. The summed E-state index contributed by atoms with van der Waals surface area (Å²) < 4.78 is 118. The molecule has 2 aromatic carbocycles. The summed E-state index contributed by atoms with van der Waals surface area (Å²) in [7, 11) is 4.75. The Balaban J connectivity index is 2.09. The van der Waals surface area contributed by atoms with Crippen molar-refractivity contribution >= 4 is 22.7 Å². The fourth-order valence-corrected chi connectivity index (χ4v) is 4.09. The summed E-state index contributed by atoms with van der Waals surface area (Å²) in [4.78, 5) is 3.68. The Morgan fingerprint density at radius 3 is 0.647 bits per heavy atom. The van der Waals surface area contributed by atoms with Gasteiger partial charge in [-0.05, 0) is 12.8 Å². The predicted octanol–water partition coefficient (Wildman–Crippen LogP) is 5.04. The highest BCUT2D eigenvalue weighted by Gasteiger charge is 2.31. The zero-order chi connectivity index (χ0) is 25.5. The van der Waals surface area contributed by atoms with Crippen LogP contribution in [0.5, 0.6) is 0 Å². The van der Waals surface area contributed by atoms with E-state index >= 15 is 0 Å². The summed E-state index contributed by atoms with van der Waals surface area (Å²) in [5.41, 5.74) is -3.74. The molecule has 4 heterocycles. The molecule has 0 radical (unpaired) electrons. The number of anilines is 4. The standard InChI is InChI=1S/C22H24F8N4/c1-31-7-5-8-32(2)21-15(27)17(29)22(18(30)16(21)28)34(4)10-6-9-33(3)20-13(25)11(23)19(31)12(24)14(20)26/h5-10H2,1-4H3. The van der Waals surface area contributed by atoms with Gasteiger partial charge in [-0.2, -0.15) is 0 Å². The quantitative estimate of drug-likeness (QED) is 0.375. The van der Waals surface area contributed by atoms with Crippen molar-refractivity contribution < 1.29 is 35.1 Å². The Bertz CT molecular complexity index is 868. The summed E-state index contributed by atoms with van der Waals surface area (Å²) in [6.45, 7) is -0.773. The van der Waals surface area contributed by atoms with Crippen LogP contribution < -0.4 is 19.6 Å². The Hall–Kier alpha value is -2.92. The first-order valence-electron chi connectivity index (χ1n) is 10.5. The number of hydrogen-bond donors (Lipinski definition) is 0. The average Bonchev–Trinajstić information content (AvgIpc) is 2.76. The van der Waals surface area contributed by atoms with E-state index in [1.54, 1.807) is 0 Å². The summed E-state index contributed by atoms with van der Waals surface area (Å²) in [6, 6.07) is 0. The second kappa shape index (κ2) is 9.75. The van der Waals surface area contributed by atoms with Gasteiger partial charge in [0.1, 0.15) is 22.7 Å². The molecule has 4 bridgehead atoms. The van der Waals surface area contributed by atoms with Crippen LogP contribution in [0.25, 0.3) is 0 Å². The molecule has 0 fully saturated rings. The van der Waals surface area contributed by atoms with Crippen LogP contribution >= 0.6 is 0 Å². The van der Waals surface area contributed by atoms with E-state index in [9.17, 15) is 35.1 Å². The molecular formula is C22H24F8N4. The molecule has 0 saturated heterocycles. The molecule has 6 rings (SSSR count). The van der Waals surface area contributed by atoms with Gasteiger partial charge in [0.05, 0.1) is 0 Å². The number of nitrogens with zero attached hydrogens (tertiary/aromatic N) is 4. The van der Waals surface area contributed by atoms with E-state index in [4.69, 9.17) is 0 Å². The second-order valence-electron chi connectivity index (χ2n) is 8.30. The third-order valence-electron chi connectivity index (χ3n) is 5.94. The van der Waals surface area contributed by atoms with Gasteiger partial charge in [-0.3, -0.25) is 0 Å². The number of hydrogen-bond acceptors (Lipinski definition) is 4. The van der Waals surface area contributed by atoms with Crippen LogP contribution in [0, 0.1) is 46.5 Å². The third kappa shape index (κ3) is 4.29. The first-order valence-corrected chi connectivity index (χ1v) is 10.5. The molecule has 2 aromatic rings. The Kier molecular flexibility index (Phi) is 7.37. The van der Waals surface area contributed by atoms with Crippen LogP contribution in [0.2, 0.25) is 0 Å². The molecule has 12 heteroatoms. The van der Waals surface area contributed by atoms with E-state index < -0.39 is 69.3 Å². The molecule has 0 aliphatic carbocycles. The molecule has 0 saturated carbocycles. The van der Waals surface area contributed by atoms with Crippen LogP contribution in [0.3, 0.4) is 0 Å². The van der Waals surface area contributed by atoms with Crippen molar-refractivity contribution in [3.63, 3.8) is 0 Å². The van der Waals surface area contributed by atoms with Crippen molar-refractivity contribution in [2.75, 3.05) is 74.0 Å². The molecule has 34 heavy (non-hydrogen) atoms. The van der Waals surface area contributed by atoms with Gasteiger partial charge in [0.2, 0.25) is 0 Å². The lowest BCUT2D eigenvalue weighted by Crippen LogP contribution is -2.31. The van der Waals surface area contributed by atoms with Crippen molar-refractivity contribution in [1.29, 1.82) is 0 Å². The molecular weight excluding hydrogens is 472 g/mol. The van der Waals surface area contributed by atoms with Gasteiger partial charge in [-0.1, -0.05) is 0 Å². The van der Waals surface area contributed by atoms with Crippen molar-refractivity contribution in [1.82, 2.24) is 0 Å². The van der Waals surface area contributed by atoms with Gasteiger partial charge in [0, 0.05) is 54.4 Å². The molecule has 4 aliphatic heterocycles. The number of halogens is 8. The van der Waals surface area contributed by atoms with Crippen molar-refractivity contribution in [3.8, 4) is 0 Å². The Labute approximate surface area is 191 Å². The Morgan fingerprint density at radius 1 is 0.353 bits per heavy atom. The molecule has 4 aliphatic rings. The van der Waals surface area contributed by atoms with Crippen LogP contribution in [0.4, 0.5) is 57.9 Å². The molecule has 0 amide bonds. The van der Waals surface area contributed by atoms with Gasteiger partial charge in [0.15, 0.2) is 46.5 Å². The first kappa shape index (κ1) is 25.7. The molecule has 0 N–H and O–H groups in total. The smallest absolute Gasteiger partial charge is 0.187 e. The number of rotatable bonds is 0. The van der Waals surface area contributed by atoms with Crippen LogP contribution in [0.1, 0.15) is 12.8 Å². The van der Waals surface area contributed by atoms with E-state index in [1.165, 1.54) is 28.2 Å². The highest BCUT2D eigenvalue weighted by atomic mass is 19.2. The van der Waals surface area contributed by atoms with Crippen molar-refractivity contribution in [2.24, 2.45) is 0 Å². The maximum atomic E-state index is 14.7. The van der Waals surface area contributed by atoms with Crippen molar-refractivity contribution in [3.05, 3.63) is 46.5 Å².